The summed E-state index contributed by atoms with van der Waals surface area (Å²) in [7, 11) is 0. The number of benzene rings is 2. The number of nitrogens with one attached hydrogen (secondary N) is 1. The van der Waals surface area contributed by atoms with Crippen LogP contribution in [0.25, 0.3) is 0 Å². The van der Waals surface area contributed by atoms with Gasteiger partial charge in [-0.2, -0.15) is 0 Å². The fourth-order valence-corrected chi connectivity index (χ4v) is 3.70. The van der Waals surface area contributed by atoms with E-state index in [1.165, 1.54) is 30.0 Å². The van der Waals surface area contributed by atoms with Gasteiger partial charge in [-0.3, -0.25) is 9.36 Å². The lowest BCUT2D eigenvalue weighted by Gasteiger charge is -2.11. The lowest BCUT2D eigenvalue weighted by Crippen LogP contribution is -2.15. The molecule has 3 rings (SSSR count). The van der Waals surface area contributed by atoms with Gasteiger partial charge >= 0.3 is 0 Å². The molecule has 0 aliphatic rings. The Kier molecular flexibility index (Phi) is 7.70. The molecule has 2 aromatic carbocycles. The summed E-state index contributed by atoms with van der Waals surface area (Å²) in [5, 5.41) is 11.6. The van der Waals surface area contributed by atoms with E-state index < -0.39 is 5.82 Å². The Labute approximate surface area is 189 Å². The maximum atomic E-state index is 13.3. The molecule has 1 heterocycles. The Morgan fingerprint density at radius 3 is 2.84 bits per heavy atom. The molecular formula is C22H22ClFN4O2S. The second kappa shape index (κ2) is 10.5. The summed E-state index contributed by atoms with van der Waals surface area (Å²) < 4.78 is 21.0. The van der Waals surface area contributed by atoms with E-state index in [2.05, 4.69) is 22.1 Å². The zero-order valence-electron chi connectivity index (χ0n) is 17.2. The highest BCUT2D eigenvalue weighted by molar-refractivity contribution is 7.99. The van der Waals surface area contributed by atoms with Crippen molar-refractivity contribution in [3.8, 4) is 5.75 Å². The number of allylic oxidation sites excluding steroid dienone is 1. The Bertz CT molecular complexity index is 1100. The number of thioether (sulfide) groups is 1. The van der Waals surface area contributed by atoms with Gasteiger partial charge in [-0.15, -0.1) is 16.8 Å². The fourth-order valence-electron chi connectivity index (χ4n) is 2.75. The van der Waals surface area contributed by atoms with Crippen molar-refractivity contribution >= 4 is 35.0 Å². The van der Waals surface area contributed by atoms with E-state index in [1.54, 1.807) is 6.08 Å². The molecule has 0 unspecified atom stereocenters. The van der Waals surface area contributed by atoms with Crippen LogP contribution in [-0.2, 0) is 17.9 Å². The van der Waals surface area contributed by atoms with Gasteiger partial charge < -0.3 is 10.1 Å². The maximum Gasteiger partial charge on any atom is 0.234 e. The van der Waals surface area contributed by atoms with Crippen LogP contribution in [0.1, 0.15) is 17.0 Å². The van der Waals surface area contributed by atoms with Gasteiger partial charge in [0.15, 0.2) is 11.0 Å². The first-order chi connectivity index (χ1) is 14.9. The minimum absolute atomic E-state index is 0.0512. The molecule has 0 bridgehead atoms. The monoisotopic (exact) mass is 460 g/mol. The molecule has 31 heavy (non-hydrogen) atoms. The van der Waals surface area contributed by atoms with E-state index >= 15 is 0 Å². The van der Waals surface area contributed by atoms with E-state index in [1.807, 2.05) is 36.6 Å². The predicted molar refractivity (Wildman–Crippen MR) is 121 cm³/mol. The number of hydrogen-bond donors (Lipinski definition) is 1. The van der Waals surface area contributed by atoms with Crippen LogP contribution in [0.2, 0.25) is 5.02 Å². The Morgan fingerprint density at radius 1 is 1.29 bits per heavy atom. The molecular weight excluding hydrogens is 439 g/mol. The number of hydrogen-bond acceptors (Lipinski definition) is 5. The summed E-state index contributed by atoms with van der Waals surface area (Å²) in [6.07, 6.45) is 1.73. The van der Waals surface area contributed by atoms with Crippen LogP contribution in [0.15, 0.2) is 54.2 Å². The van der Waals surface area contributed by atoms with Crippen LogP contribution in [0.5, 0.6) is 5.75 Å². The lowest BCUT2D eigenvalue weighted by atomic mass is 10.1. The van der Waals surface area contributed by atoms with Crippen LogP contribution >= 0.6 is 23.4 Å². The Hall–Kier alpha value is -2.84. The van der Waals surface area contributed by atoms with Gasteiger partial charge in [-0.05, 0) is 49.2 Å². The number of halogens is 2. The lowest BCUT2D eigenvalue weighted by molar-refractivity contribution is -0.113. The summed E-state index contributed by atoms with van der Waals surface area (Å²) in [6, 6.07) is 10.0. The largest absolute Gasteiger partial charge is 0.485 e. The Balaban J connectivity index is 1.64. The average Bonchev–Trinajstić information content (AvgIpc) is 3.12. The second-order valence-corrected chi connectivity index (χ2v) is 8.17. The third-order valence-electron chi connectivity index (χ3n) is 4.34. The molecule has 0 atom stereocenters. The zero-order valence-corrected chi connectivity index (χ0v) is 18.8. The van der Waals surface area contributed by atoms with Crippen LogP contribution in [0.4, 0.5) is 10.1 Å². The molecule has 6 nitrogen and oxygen atoms in total. The van der Waals surface area contributed by atoms with E-state index in [4.69, 9.17) is 16.3 Å². The van der Waals surface area contributed by atoms with Gasteiger partial charge in [0.05, 0.1) is 10.8 Å². The summed E-state index contributed by atoms with van der Waals surface area (Å²) >= 11 is 6.98. The molecule has 1 aromatic heterocycles. The normalized spacial score (nSPS) is 10.7. The quantitative estimate of drug-likeness (QED) is 0.352. The van der Waals surface area contributed by atoms with Crippen LogP contribution < -0.4 is 10.1 Å². The van der Waals surface area contributed by atoms with Crippen LogP contribution in [0, 0.1) is 19.7 Å². The predicted octanol–water partition coefficient (Wildman–Crippen LogP) is 5.18. The van der Waals surface area contributed by atoms with Crippen molar-refractivity contribution < 1.29 is 13.9 Å². The van der Waals surface area contributed by atoms with Crippen molar-refractivity contribution in [2.45, 2.75) is 32.2 Å². The molecule has 0 saturated carbocycles. The molecule has 9 heteroatoms. The van der Waals surface area contributed by atoms with Crippen molar-refractivity contribution in [2.75, 3.05) is 11.1 Å². The van der Waals surface area contributed by atoms with Crippen LogP contribution in [-0.4, -0.2) is 26.4 Å². The van der Waals surface area contributed by atoms with Crippen molar-refractivity contribution in [3.63, 3.8) is 0 Å². The number of rotatable bonds is 9. The fraction of sp³-hybridized carbons (Fsp3) is 0.227. The van der Waals surface area contributed by atoms with Gasteiger partial charge in [0.25, 0.3) is 0 Å². The molecule has 162 valence electrons. The zero-order chi connectivity index (χ0) is 22.4. The number of nitrogens with zero attached hydrogens (tertiary/aromatic N) is 3. The van der Waals surface area contributed by atoms with Gasteiger partial charge in [0.1, 0.15) is 18.2 Å². The van der Waals surface area contributed by atoms with Crippen molar-refractivity contribution in [1.82, 2.24) is 14.8 Å². The Morgan fingerprint density at radius 2 is 2.10 bits per heavy atom. The highest BCUT2D eigenvalue weighted by atomic mass is 35.5. The molecule has 3 aromatic rings. The van der Waals surface area contributed by atoms with Gasteiger partial charge in [0, 0.05) is 12.2 Å². The molecule has 0 spiro atoms. The van der Waals surface area contributed by atoms with Gasteiger partial charge in [-0.25, -0.2) is 4.39 Å². The molecule has 0 saturated heterocycles. The first-order valence-corrected chi connectivity index (χ1v) is 10.8. The van der Waals surface area contributed by atoms with Crippen molar-refractivity contribution in [2.24, 2.45) is 0 Å². The molecule has 0 aliphatic carbocycles. The van der Waals surface area contributed by atoms with Gasteiger partial charge in [-0.1, -0.05) is 41.6 Å². The number of amides is 1. The number of carbonyl (C=O) groups is 1. The first-order valence-electron chi connectivity index (χ1n) is 9.48. The highest BCUT2D eigenvalue weighted by Crippen LogP contribution is 2.23. The smallest absolute Gasteiger partial charge is 0.234 e. The number of aromatic nitrogens is 3. The average molecular weight is 461 g/mol. The summed E-state index contributed by atoms with van der Waals surface area (Å²) in [4.78, 5) is 12.3. The maximum absolute atomic E-state index is 13.3. The van der Waals surface area contributed by atoms with E-state index in [0.29, 0.717) is 23.2 Å². The number of aryl methyl sites for hydroxylation is 2. The number of ether oxygens (including phenoxy) is 1. The van der Waals surface area contributed by atoms with Crippen LogP contribution in [0.3, 0.4) is 0 Å². The first kappa shape index (κ1) is 22.8. The molecule has 0 radical (unpaired) electrons. The molecule has 0 aliphatic heterocycles. The van der Waals surface area contributed by atoms with E-state index in [9.17, 15) is 9.18 Å². The highest BCUT2D eigenvalue weighted by Gasteiger charge is 2.15. The molecule has 1 N–H and O–H groups in total. The summed E-state index contributed by atoms with van der Waals surface area (Å²) in [5.41, 5.74) is 2.57. The molecule has 1 amide bonds. The topological polar surface area (TPSA) is 69.0 Å². The third kappa shape index (κ3) is 6.08. The standard InChI is InChI=1S/C22H22ClFN4O2S/c1-4-9-28-20(12-30-19-10-14(2)5-6-15(19)3)26-27-22(28)31-13-21(29)25-16-7-8-18(24)17(23)11-16/h4-8,10-11H,1,9,12-13H2,2-3H3,(H,25,29). The number of anilines is 1. The summed E-state index contributed by atoms with van der Waals surface area (Å²) in [6.45, 7) is 8.49. The van der Waals surface area contributed by atoms with Crippen molar-refractivity contribution in [1.29, 1.82) is 0 Å². The summed E-state index contributed by atoms with van der Waals surface area (Å²) in [5.74, 6) is 0.715. The van der Waals surface area contributed by atoms with Crippen molar-refractivity contribution in [3.05, 3.63) is 76.8 Å². The van der Waals surface area contributed by atoms with E-state index in [-0.39, 0.29) is 23.3 Å². The van der Waals surface area contributed by atoms with E-state index in [0.717, 1.165) is 16.9 Å². The second-order valence-electron chi connectivity index (χ2n) is 6.82. The molecule has 0 fully saturated rings. The number of carbonyl (C=O) groups excluding carboxylic acids is 1. The minimum atomic E-state index is -0.540. The van der Waals surface area contributed by atoms with Gasteiger partial charge in [0.2, 0.25) is 5.91 Å². The third-order valence-corrected chi connectivity index (χ3v) is 5.60. The minimum Gasteiger partial charge on any atom is -0.485 e. The SMILES string of the molecule is C=CCn1c(COc2cc(C)ccc2C)nnc1SCC(=O)Nc1ccc(F)c(Cl)c1.